The molecule has 1 saturated heterocycles. The summed E-state index contributed by atoms with van der Waals surface area (Å²) in [5, 5.41) is 0.566. The Balaban J connectivity index is 1.71. The Labute approximate surface area is 166 Å². The summed E-state index contributed by atoms with van der Waals surface area (Å²) in [4.78, 5) is 30.1. The van der Waals surface area contributed by atoms with E-state index >= 15 is 0 Å². The molecule has 28 heavy (non-hydrogen) atoms. The summed E-state index contributed by atoms with van der Waals surface area (Å²) in [6.07, 6.45) is 3.73. The SMILES string of the molecule is COC(=O)c1ccc2[nH]c(C)c(C[NH+]3C[C@@]4(C)C[C@@H]3CC(C)(C)C4)c(=O)c2c1. The van der Waals surface area contributed by atoms with Gasteiger partial charge in [-0.25, -0.2) is 4.79 Å². The smallest absolute Gasteiger partial charge is 0.337 e. The number of carbonyl (C=O) groups excluding carboxylic acids is 1. The van der Waals surface area contributed by atoms with Gasteiger partial charge in [-0.05, 0) is 37.0 Å². The number of fused-ring (bicyclic) bond motifs is 3. The molecule has 1 aliphatic heterocycles. The second-order valence-electron chi connectivity index (χ2n) is 10.1. The van der Waals surface area contributed by atoms with Crippen LogP contribution in [0.5, 0.6) is 0 Å². The average Bonchev–Trinajstić information content (AvgIpc) is 2.85. The Morgan fingerprint density at radius 2 is 2.04 bits per heavy atom. The maximum Gasteiger partial charge on any atom is 0.337 e. The molecule has 1 aromatic carbocycles. The third kappa shape index (κ3) is 3.26. The van der Waals surface area contributed by atoms with Crippen LogP contribution in [0.1, 0.15) is 61.6 Å². The van der Waals surface area contributed by atoms with Gasteiger partial charge in [0, 0.05) is 34.9 Å². The van der Waals surface area contributed by atoms with Crippen molar-refractivity contribution in [1.82, 2.24) is 4.98 Å². The predicted molar refractivity (Wildman–Crippen MR) is 110 cm³/mol. The molecular weight excluding hydrogens is 352 g/mol. The summed E-state index contributed by atoms with van der Waals surface area (Å²) in [7, 11) is 1.36. The molecule has 1 unspecified atom stereocenters. The summed E-state index contributed by atoms with van der Waals surface area (Å²) < 4.78 is 4.81. The molecule has 2 fully saturated rings. The quantitative estimate of drug-likeness (QED) is 0.801. The van der Waals surface area contributed by atoms with Gasteiger partial charge < -0.3 is 14.6 Å². The van der Waals surface area contributed by atoms with Crippen molar-refractivity contribution in [3.05, 3.63) is 45.2 Å². The first-order chi connectivity index (χ1) is 13.1. The van der Waals surface area contributed by atoms with Crippen LogP contribution < -0.4 is 10.3 Å². The van der Waals surface area contributed by atoms with Gasteiger partial charge in [-0.15, -0.1) is 0 Å². The van der Waals surface area contributed by atoms with E-state index in [-0.39, 0.29) is 5.43 Å². The first-order valence-corrected chi connectivity index (χ1v) is 10.2. The van der Waals surface area contributed by atoms with E-state index < -0.39 is 5.97 Å². The van der Waals surface area contributed by atoms with Gasteiger partial charge >= 0.3 is 5.97 Å². The number of rotatable bonds is 3. The number of nitrogens with one attached hydrogen (secondary N) is 2. The van der Waals surface area contributed by atoms with Crippen molar-refractivity contribution in [2.24, 2.45) is 10.8 Å². The minimum atomic E-state index is -0.419. The second-order valence-corrected chi connectivity index (χ2v) is 10.1. The van der Waals surface area contributed by atoms with Crippen LogP contribution in [0.2, 0.25) is 0 Å². The molecule has 2 N–H and O–H groups in total. The number of ether oxygens (including phenoxy) is 1. The standard InChI is InChI=1S/C23H30N2O3/c1-14-18(11-25-13-23(4)10-16(25)9-22(2,3)12-23)20(26)17-8-15(21(27)28-5)6-7-19(17)24-14/h6-8,16H,9-13H2,1-5H3,(H,24,26)/p+1/t16-,23-/m0/s1. The van der Waals surface area contributed by atoms with Crippen molar-refractivity contribution in [3.63, 3.8) is 0 Å². The van der Waals surface area contributed by atoms with Crippen molar-refractivity contribution < 1.29 is 14.4 Å². The zero-order valence-electron chi connectivity index (χ0n) is 17.6. The summed E-state index contributed by atoms with van der Waals surface area (Å²) in [6, 6.07) is 5.76. The van der Waals surface area contributed by atoms with Crippen LogP contribution in [0.25, 0.3) is 10.9 Å². The molecule has 2 bridgehead atoms. The summed E-state index contributed by atoms with van der Waals surface area (Å²) in [5.41, 5.74) is 3.74. The number of pyridine rings is 1. The first-order valence-electron chi connectivity index (χ1n) is 10.2. The van der Waals surface area contributed by atoms with E-state index in [4.69, 9.17) is 4.74 Å². The lowest BCUT2D eigenvalue weighted by Crippen LogP contribution is -3.12. The van der Waals surface area contributed by atoms with Crippen LogP contribution >= 0.6 is 0 Å². The number of hydrogen-bond acceptors (Lipinski definition) is 3. The van der Waals surface area contributed by atoms with Gasteiger partial charge in [0.1, 0.15) is 6.54 Å². The van der Waals surface area contributed by atoms with Gasteiger partial charge in [-0.2, -0.15) is 0 Å². The maximum atomic E-state index is 13.3. The number of likely N-dealkylation sites (tertiary alicyclic amines) is 1. The molecule has 2 aliphatic rings. The van der Waals surface area contributed by atoms with E-state index in [0.29, 0.717) is 27.8 Å². The van der Waals surface area contributed by atoms with Crippen LogP contribution in [0.4, 0.5) is 0 Å². The van der Waals surface area contributed by atoms with Crippen molar-refractivity contribution in [1.29, 1.82) is 0 Å². The Hall–Kier alpha value is -2.14. The lowest BCUT2D eigenvalue weighted by atomic mass is 9.65. The van der Waals surface area contributed by atoms with Gasteiger partial charge in [0.2, 0.25) is 0 Å². The highest BCUT2D eigenvalue weighted by atomic mass is 16.5. The van der Waals surface area contributed by atoms with Crippen molar-refractivity contribution in [3.8, 4) is 0 Å². The molecular formula is C23H31N2O3+. The minimum Gasteiger partial charge on any atom is -0.465 e. The molecule has 5 heteroatoms. The molecule has 4 rings (SSSR count). The molecule has 0 amide bonds. The number of esters is 1. The number of aryl methyl sites for hydroxylation is 1. The molecule has 1 aliphatic carbocycles. The molecule has 150 valence electrons. The van der Waals surface area contributed by atoms with Gasteiger partial charge in [0.15, 0.2) is 5.43 Å². The van der Waals surface area contributed by atoms with Gasteiger partial charge in [0.05, 0.1) is 30.8 Å². The Morgan fingerprint density at radius 1 is 1.29 bits per heavy atom. The highest BCUT2D eigenvalue weighted by molar-refractivity contribution is 5.94. The number of benzene rings is 1. The molecule has 1 aromatic heterocycles. The Bertz CT molecular complexity index is 1010. The molecule has 2 aromatic rings. The fraction of sp³-hybridized carbons (Fsp3) is 0.565. The van der Waals surface area contributed by atoms with Gasteiger partial charge in [0.25, 0.3) is 0 Å². The van der Waals surface area contributed by atoms with E-state index in [1.807, 2.05) is 6.92 Å². The third-order valence-corrected chi connectivity index (χ3v) is 6.81. The normalized spacial score (nSPS) is 28.5. The second kappa shape index (κ2) is 6.45. The van der Waals surface area contributed by atoms with Crippen LogP contribution in [-0.4, -0.2) is 30.6 Å². The maximum absolute atomic E-state index is 13.3. The lowest BCUT2D eigenvalue weighted by Gasteiger charge is -2.37. The first kappa shape index (κ1) is 19.2. The molecule has 5 nitrogen and oxygen atoms in total. The number of aromatic nitrogens is 1. The molecule has 3 atom stereocenters. The van der Waals surface area contributed by atoms with E-state index in [0.717, 1.165) is 29.9 Å². The highest BCUT2D eigenvalue weighted by Crippen LogP contribution is 2.47. The van der Waals surface area contributed by atoms with Crippen molar-refractivity contribution >= 4 is 16.9 Å². The number of H-pyrrole nitrogens is 1. The van der Waals surface area contributed by atoms with E-state index in [9.17, 15) is 9.59 Å². The van der Waals surface area contributed by atoms with Crippen LogP contribution in [0, 0.1) is 17.8 Å². The fourth-order valence-electron chi connectivity index (χ4n) is 6.09. The number of methoxy groups -OCH3 is 1. The van der Waals surface area contributed by atoms with Crippen molar-refractivity contribution in [2.75, 3.05) is 13.7 Å². The van der Waals surface area contributed by atoms with Crippen LogP contribution in [0.3, 0.4) is 0 Å². The van der Waals surface area contributed by atoms with E-state index in [1.54, 1.807) is 18.2 Å². The number of hydrogen-bond donors (Lipinski definition) is 2. The molecule has 2 heterocycles. The highest BCUT2D eigenvalue weighted by Gasteiger charge is 2.52. The Kier molecular flexibility index (Phi) is 4.42. The summed E-state index contributed by atoms with van der Waals surface area (Å²) in [6.45, 7) is 11.0. The average molecular weight is 384 g/mol. The fourth-order valence-corrected chi connectivity index (χ4v) is 6.09. The Morgan fingerprint density at radius 3 is 2.75 bits per heavy atom. The van der Waals surface area contributed by atoms with Crippen LogP contribution in [0.15, 0.2) is 23.0 Å². The molecule has 0 spiro atoms. The number of carbonyl (C=O) groups is 1. The lowest BCUT2D eigenvalue weighted by molar-refractivity contribution is -0.928. The third-order valence-electron chi connectivity index (χ3n) is 6.81. The largest absolute Gasteiger partial charge is 0.465 e. The predicted octanol–water partition coefficient (Wildman–Crippen LogP) is 2.61. The molecule has 1 saturated carbocycles. The van der Waals surface area contributed by atoms with Gasteiger partial charge in [-0.3, -0.25) is 4.79 Å². The monoisotopic (exact) mass is 383 g/mol. The van der Waals surface area contributed by atoms with Crippen LogP contribution in [-0.2, 0) is 11.3 Å². The topological polar surface area (TPSA) is 63.6 Å². The zero-order valence-corrected chi connectivity index (χ0v) is 17.6. The van der Waals surface area contributed by atoms with E-state index in [1.165, 1.54) is 31.3 Å². The summed E-state index contributed by atoms with van der Waals surface area (Å²) in [5.74, 6) is -0.419. The minimum absolute atomic E-state index is 0.0374. The van der Waals surface area contributed by atoms with Crippen molar-refractivity contribution in [2.45, 2.75) is 59.5 Å². The number of quaternary nitrogens is 1. The zero-order chi connectivity index (χ0) is 20.3. The number of aromatic amines is 1. The molecule has 0 radical (unpaired) electrons. The van der Waals surface area contributed by atoms with Gasteiger partial charge in [-0.1, -0.05) is 20.8 Å². The van der Waals surface area contributed by atoms with E-state index in [2.05, 4.69) is 25.8 Å². The summed E-state index contributed by atoms with van der Waals surface area (Å²) >= 11 is 0.